The first-order valence-corrected chi connectivity index (χ1v) is 5.50. The quantitative estimate of drug-likeness (QED) is 0.722. The van der Waals surface area contributed by atoms with Gasteiger partial charge in [-0.15, -0.1) is 0 Å². The number of benzene rings is 1. The van der Waals surface area contributed by atoms with E-state index in [1.807, 2.05) is 49.4 Å². The van der Waals surface area contributed by atoms with E-state index in [9.17, 15) is 0 Å². The molecule has 0 saturated carbocycles. The van der Waals surface area contributed by atoms with Crippen molar-refractivity contribution in [2.24, 2.45) is 0 Å². The van der Waals surface area contributed by atoms with Crippen molar-refractivity contribution in [1.29, 1.82) is 0 Å². The zero-order valence-corrected chi connectivity index (χ0v) is 9.47. The lowest BCUT2D eigenvalue weighted by atomic mass is 10.0. The summed E-state index contributed by atoms with van der Waals surface area (Å²) in [4.78, 5) is 0. The molecule has 0 amide bonds. The Hall–Kier alpha value is -2.29. The third-order valence-corrected chi connectivity index (χ3v) is 2.70. The minimum atomic E-state index is 0.862. The molecule has 0 saturated heterocycles. The van der Waals surface area contributed by atoms with Gasteiger partial charge in [-0.05, 0) is 25.1 Å². The van der Waals surface area contributed by atoms with Crippen molar-refractivity contribution in [3.8, 4) is 22.6 Å². The zero-order valence-electron chi connectivity index (χ0n) is 9.47. The number of furan rings is 1. The topological polar surface area (TPSA) is 41.8 Å². The van der Waals surface area contributed by atoms with Crippen LogP contribution >= 0.6 is 0 Å². The standard InChI is InChI=1S/C14H12N2O/c1-10-9-13(16-15-10)11-5-2-3-6-12(11)14-7-4-8-17-14/h2-9H,1H3,(H,15,16). The molecule has 1 N–H and O–H groups in total. The highest BCUT2D eigenvalue weighted by molar-refractivity contribution is 5.79. The number of aryl methyl sites for hydroxylation is 1. The van der Waals surface area contributed by atoms with Crippen LogP contribution in [0.25, 0.3) is 22.6 Å². The van der Waals surface area contributed by atoms with Crippen LogP contribution in [-0.4, -0.2) is 10.2 Å². The molecule has 84 valence electrons. The molecule has 0 unspecified atom stereocenters. The molecule has 3 aromatic rings. The fourth-order valence-corrected chi connectivity index (χ4v) is 1.91. The van der Waals surface area contributed by atoms with Crippen LogP contribution in [0, 0.1) is 6.92 Å². The highest BCUT2D eigenvalue weighted by atomic mass is 16.3. The third-order valence-electron chi connectivity index (χ3n) is 2.70. The first-order chi connectivity index (χ1) is 8.34. The number of aromatic amines is 1. The normalized spacial score (nSPS) is 10.6. The second kappa shape index (κ2) is 3.94. The number of hydrogen-bond donors (Lipinski definition) is 1. The van der Waals surface area contributed by atoms with Gasteiger partial charge in [-0.2, -0.15) is 5.10 Å². The highest BCUT2D eigenvalue weighted by Gasteiger charge is 2.10. The summed E-state index contributed by atoms with van der Waals surface area (Å²) in [6.45, 7) is 1.99. The molecule has 0 fully saturated rings. The van der Waals surface area contributed by atoms with E-state index < -0.39 is 0 Å². The van der Waals surface area contributed by atoms with Crippen molar-refractivity contribution >= 4 is 0 Å². The van der Waals surface area contributed by atoms with E-state index in [0.29, 0.717) is 0 Å². The lowest BCUT2D eigenvalue weighted by molar-refractivity contribution is 0.582. The van der Waals surface area contributed by atoms with Gasteiger partial charge < -0.3 is 4.42 Å². The van der Waals surface area contributed by atoms with Gasteiger partial charge in [-0.1, -0.05) is 24.3 Å². The number of nitrogens with one attached hydrogen (secondary N) is 1. The first-order valence-electron chi connectivity index (χ1n) is 5.50. The van der Waals surface area contributed by atoms with Crippen LogP contribution in [0.1, 0.15) is 5.69 Å². The summed E-state index contributed by atoms with van der Waals surface area (Å²) < 4.78 is 5.45. The summed E-state index contributed by atoms with van der Waals surface area (Å²) in [6.07, 6.45) is 1.68. The highest BCUT2D eigenvalue weighted by Crippen LogP contribution is 2.31. The summed E-state index contributed by atoms with van der Waals surface area (Å²) in [6, 6.07) is 14.0. The lowest BCUT2D eigenvalue weighted by Crippen LogP contribution is -1.83. The SMILES string of the molecule is Cc1cc(-c2ccccc2-c2ccco2)n[nH]1. The molecule has 1 aromatic carbocycles. The van der Waals surface area contributed by atoms with Crippen molar-refractivity contribution in [2.45, 2.75) is 6.92 Å². The van der Waals surface area contributed by atoms with Crippen LogP contribution < -0.4 is 0 Å². The number of H-pyrrole nitrogens is 1. The van der Waals surface area contributed by atoms with Crippen LogP contribution in [0.3, 0.4) is 0 Å². The molecule has 3 heteroatoms. The number of rotatable bonds is 2. The maximum Gasteiger partial charge on any atom is 0.134 e. The molecule has 2 heterocycles. The van der Waals surface area contributed by atoms with E-state index in [-0.39, 0.29) is 0 Å². The Balaban J connectivity index is 2.17. The minimum Gasteiger partial charge on any atom is -0.464 e. The van der Waals surface area contributed by atoms with Gasteiger partial charge in [0.25, 0.3) is 0 Å². The van der Waals surface area contributed by atoms with E-state index in [1.165, 1.54) is 0 Å². The second-order valence-electron chi connectivity index (χ2n) is 3.96. The molecular weight excluding hydrogens is 212 g/mol. The monoisotopic (exact) mass is 224 g/mol. The smallest absolute Gasteiger partial charge is 0.134 e. The van der Waals surface area contributed by atoms with Gasteiger partial charge in [-0.3, -0.25) is 5.10 Å². The van der Waals surface area contributed by atoms with E-state index in [2.05, 4.69) is 10.2 Å². The Labute approximate surface area is 99.1 Å². The molecule has 0 radical (unpaired) electrons. The Morgan fingerprint density at radius 1 is 1.06 bits per heavy atom. The van der Waals surface area contributed by atoms with Crippen LogP contribution in [0.4, 0.5) is 0 Å². The Morgan fingerprint density at radius 2 is 1.88 bits per heavy atom. The number of aromatic nitrogens is 2. The Morgan fingerprint density at radius 3 is 2.53 bits per heavy atom. The van der Waals surface area contributed by atoms with E-state index in [0.717, 1.165) is 28.3 Å². The van der Waals surface area contributed by atoms with Crippen molar-refractivity contribution < 1.29 is 4.42 Å². The molecule has 0 atom stereocenters. The summed E-state index contributed by atoms with van der Waals surface area (Å²) in [5.74, 6) is 0.862. The molecule has 0 aliphatic carbocycles. The molecule has 17 heavy (non-hydrogen) atoms. The Bertz CT molecular complexity index is 623. The predicted octanol–water partition coefficient (Wildman–Crippen LogP) is 3.65. The van der Waals surface area contributed by atoms with Crippen molar-refractivity contribution in [3.05, 3.63) is 54.4 Å². The third kappa shape index (κ3) is 1.76. The number of nitrogens with zero attached hydrogens (tertiary/aromatic N) is 1. The van der Waals surface area contributed by atoms with Gasteiger partial charge in [0.1, 0.15) is 5.76 Å². The minimum absolute atomic E-state index is 0.862. The summed E-state index contributed by atoms with van der Waals surface area (Å²) in [5.41, 5.74) is 4.12. The largest absolute Gasteiger partial charge is 0.464 e. The summed E-state index contributed by atoms with van der Waals surface area (Å²) >= 11 is 0. The van der Waals surface area contributed by atoms with Crippen molar-refractivity contribution in [2.75, 3.05) is 0 Å². The first kappa shape index (κ1) is 9.90. The van der Waals surface area contributed by atoms with Crippen LogP contribution in [0.15, 0.2) is 53.1 Å². The van der Waals surface area contributed by atoms with Gasteiger partial charge in [0.05, 0.1) is 12.0 Å². The fraction of sp³-hybridized carbons (Fsp3) is 0.0714. The summed E-state index contributed by atoms with van der Waals surface area (Å²) in [7, 11) is 0. The van der Waals surface area contributed by atoms with Crippen LogP contribution in [0.5, 0.6) is 0 Å². The van der Waals surface area contributed by atoms with Gasteiger partial charge in [0.15, 0.2) is 0 Å². The average molecular weight is 224 g/mol. The van der Waals surface area contributed by atoms with Crippen molar-refractivity contribution in [1.82, 2.24) is 10.2 Å². The molecule has 3 nitrogen and oxygen atoms in total. The van der Waals surface area contributed by atoms with Gasteiger partial charge in [0.2, 0.25) is 0 Å². The zero-order chi connectivity index (χ0) is 11.7. The van der Waals surface area contributed by atoms with Gasteiger partial charge in [-0.25, -0.2) is 0 Å². The molecule has 3 rings (SSSR count). The van der Waals surface area contributed by atoms with Gasteiger partial charge in [0, 0.05) is 16.8 Å². The predicted molar refractivity (Wildman–Crippen MR) is 66.5 cm³/mol. The second-order valence-corrected chi connectivity index (χ2v) is 3.96. The molecular formula is C14H12N2O. The average Bonchev–Trinajstić information content (AvgIpc) is 3.00. The van der Waals surface area contributed by atoms with Crippen LogP contribution in [-0.2, 0) is 0 Å². The lowest BCUT2D eigenvalue weighted by Gasteiger charge is -2.03. The van der Waals surface area contributed by atoms with Crippen molar-refractivity contribution in [3.63, 3.8) is 0 Å². The van der Waals surface area contributed by atoms with E-state index >= 15 is 0 Å². The maximum atomic E-state index is 5.45. The van der Waals surface area contributed by atoms with E-state index in [4.69, 9.17) is 4.42 Å². The van der Waals surface area contributed by atoms with Crippen LogP contribution in [0.2, 0.25) is 0 Å². The Kier molecular flexibility index (Phi) is 2.29. The number of hydrogen-bond acceptors (Lipinski definition) is 2. The molecule has 0 aliphatic heterocycles. The fourth-order valence-electron chi connectivity index (χ4n) is 1.91. The molecule has 0 spiro atoms. The molecule has 0 aliphatic rings. The molecule has 2 aromatic heterocycles. The maximum absolute atomic E-state index is 5.45. The molecule has 0 bridgehead atoms. The summed E-state index contributed by atoms with van der Waals surface area (Å²) in [5, 5.41) is 7.25. The van der Waals surface area contributed by atoms with E-state index in [1.54, 1.807) is 6.26 Å². The van der Waals surface area contributed by atoms with Gasteiger partial charge >= 0.3 is 0 Å².